The molecular weight excluding hydrogens is 413 g/mol. The first-order valence-corrected chi connectivity index (χ1v) is 9.86. The normalized spacial score (nSPS) is 11.3. The second-order valence-corrected chi connectivity index (χ2v) is 8.66. The molecule has 0 radical (unpaired) electrons. The summed E-state index contributed by atoms with van der Waals surface area (Å²) in [4.78, 5) is 23.9. The summed E-state index contributed by atoms with van der Waals surface area (Å²) in [7, 11) is -0.637. The monoisotopic (exact) mass is 429 g/mol. The van der Waals surface area contributed by atoms with Gasteiger partial charge in [-0.1, -0.05) is 35.3 Å². The number of nitrogens with zero attached hydrogens (tertiary/aromatic N) is 1. The van der Waals surface area contributed by atoms with Crippen LogP contribution in [0.4, 0.5) is 5.69 Å². The average Bonchev–Trinajstić information content (AvgIpc) is 2.62. The second-order valence-electron chi connectivity index (χ2n) is 5.70. The first kappa shape index (κ1) is 21.2. The molecule has 0 fully saturated rings. The molecule has 0 aliphatic rings. The standard InChI is InChI=1S/C17H17Cl2N3O4S/c1-22(2)27(25,26)13-6-3-11(4-7-13)10-20-16(23)17(24)21-12-5-8-14(18)15(19)9-12/h3-9H,10H2,1-2H3,(H,20,23)(H,21,24). The fourth-order valence-electron chi connectivity index (χ4n) is 2.01. The smallest absolute Gasteiger partial charge is 0.313 e. The van der Waals surface area contributed by atoms with Gasteiger partial charge in [0.1, 0.15) is 0 Å². The van der Waals surface area contributed by atoms with Crippen molar-refractivity contribution in [3.8, 4) is 0 Å². The van der Waals surface area contributed by atoms with E-state index in [0.29, 0.717) is 16.3 Å². The minimum Gasteiger partial charge on any atom is -0.344 e. The predicted octanol–water partition coefficient (Wildman–Crippen LogP) is 2.50. The van der Waals surface area contributed by atoms with Gasteiger partial charge in [0.15, 0.2) is 0 Å². The Morgan fingerprint density at radius 2 is 1.59 bits per heavy atom. The maximum Gasteiger partial charge on any atom is 0.313 e. The highest BCUT2D eigenvalue weighted by atomic mass is 35.5. The molecule has 0 aliphatic carbocycles. The van der Waals surface area contributed by atoms with Crippen LogP contribution in [0.1, 0.15) is 5.56 Å². The zero-order valence-electron chi connectivity index (χ0n) is 14.5. The molecule has 2 aromatic carbocycles. The van der Waals surface area contributed by atoms with Crippen molar-refractivity contribution in [1.82, 2.24) is 9.62 Å². The molecule has 2 amide bonds. The fraction of sp³-hybridized carbons (Fsp3) is 0.176. The molecular formula is C17H17Cl2N3O4S. The molecule has 144 valence electrons. The lowest BCUT2D eigenvalue weighted by atomic mass is 10.2. The van der Waals surface area contributed by atoms with Crippen molar-refractivity contribution < 1.29 is 18.0 Å². The molecule has 2 aromatic rings. The predicted molar refractivity (Wildman–Crippen MR) is 104 cm³/mol. The number of sulfonamides is 1. The number of halogens is 2. The molecule has 0 saturated heterocycles. The molecule has 2 N–H and O–H groups in total. The summed E-state index contributed by atoms with van der Waals surface area (Å²) in [5.41, 5.74) is 0.978. The minimum absolute atomic E-state index is 0.0654. The Balaban J connectivity index is 1.94. The zero-order chi connectivity index (χ0) is 20.2. The number of carbonyl (C=O) groups is 2. The van der Waals surface area contributed by atoms with Crippen molar-refractivity contribution >= 4 is 50.7 Å². The fourth-order valence-corrected chi connectivity index (χ4v) is 3.21. The van der Waals surface area contributed by atoms with E-state index in [1.54, 1.807) is 12.1 Å². The SMILES string of the molecule is CN(C)S(=O)(=O)c1ccc(CNC(=O)C(=O)Nc2ccc(Cl)c(Cl)c2)cc1. The number of carbonyl (C=O) groups excluding carboxylic acids is 2. The van der Waals surface area contributed by atoms with Crippen molar-refractivity contribution in [2.24, 2.45) is 0 Å². The van der Waals surface area contributed by atoms with Gasteiger partial charge in [-0.25, -0.2) is 12.7 Å². The van der Waals surface area contributed by atoms with Crippen LogP contribution in [-0.4, -0.2) is 38.6 Å². The molecule has 0 unspecified atom stereocenters. The number of hydrogen-bond donors (Lipinski definition) is 2. The summed E-state index contributed by atoms with van der Waals surface area (Å²) >= 11 is 11.6. The first-order valence-electron chi connectivity index (χ1n) is 7.67. The minimum atomic E-state index is -3.52. The highest BCUT2D eigenvalue weighted by molar-refractivity contribution is 7.89. The van der Waals surface area contributed by atoms with E-state index < -0.39 is 21.8 Å². The summed E-state index contributed by atoms with van der Waals surface area (Å²) in [6, 6.07) is 10.4. The van der Waals surface area contributed by atoms with Crippen molar-refractivity contribution in [3.63, 3.8) is 0 Å². The van der Waals surface area contributed by atoms with Crippen LogP contribution in [0.15, 0.2) is 47.4 Å². The summed E-state index contributed by atoms with van der Waals surface area (Å²) in [6.45, 7) is 0.0654. The Labute approximate surface area is 167 Å². The van der Waals surface area contributed by atoms with E-state index in [1.807, 2.05) is 0 Å². The van der Waals surface area contributed by atoms with Gasteiger partial charge in [0.05, 0.1) is 14.9 Å². The van der Waals surface area contributed by atoms with Crippen molar-refractivity contribution in [2.75, 3.05) is 19.4 Å². The van der Waals surface area contributed by atoms with E-state index in [9.17, 15) is 18.0 Å². The van der Waals surface area contributed by atoms with Crippen LogP contribution in [0.25, 0.3) is 0 Å². The second kappa shape index (κ2) is 8.71. The van der Waals surface area contributed by atoms with Gasteiger partial charge in [-0.05, 0) is 35.9 Å². The largest absolute Gasteiger partial charge is 0.344 e. The van der Waals surface area contributed by atoms with Gasteiger partial charge in [0, 0.05) is 26.3 Å². The molecule has 0 atom stereocenters. The van der Waals surface area contributed by atoms with Gasteiger partial charge in [0.25, 0.3) is 0 Å². The van der Waals surface area contributed by atoms with Gasteiger partial charge in [-0.2, -0.15) is 0 Å². The van der Waals surface area contributed by atoms with Gasteiger partial charge in [0.2, 0.25) is 10.0 Å². The molecule has 2 rings (SSSR count). The van der Waals surface area contributed by atoms with Crippen LogP contribution in [0.3, 0.4) is 0 Å². The molecule has 0 aliphatic heterocycles. The Morgan fingerprint density at radius 1 is 0.963 bits per heavy atom. The van der Waals surface area contributed by atoms with Crippen LogP contribution in [0, 0.1) is 0 Å². The van der Waals surface area contributed by atoms with E-state index in [4.69, 9.17) is 23.2 Å². The molecule has 0 spiro atoms. The third-order valence-corrected chi connectivity index (χ3v) is 6.11. The Morgan fingerprint density at radius 3 is 2.15 bits per heavy atom. The highest BCUT2D eigenvalue weighted by Crippen LogP contribution is 2.24. The summed E-state index contributed by atoms with van der Waals surface area (Å²) in [6.07, 6.45) is 0. The summed E-state index contributed by atoms with van der Waals surface area (Å²) in [5.74, 6) is -1.70. The van der Waals surface area contributed by atoms with Crippen molar-refractivity contribution in [2.45, 2.75) is 11.4 Å². The van der Waals surface area contributed by atoms with E-state index in [2.05, 4.69) is 10.6 Å². The molecule has 0 bridgehead atoms. The molecule has 0 heterocycles. The van der Waals surface area contributed by atoms with E-state index >= 15 is 0 Å². The molecule has 27 heavy (non-hydrogen) atoms. The summed E-state index contributed by atoms with van der Waals surface area (Å²) < 4.78 is 25.1. The van der Waals surface area contributed by atoms with Crippen molar-refractivity contribution in [3.05, 3.63) is 58.1 Å². The number of anilines is 1. The lowest BCUT2D eigenvalue weighted by Gasteiger charge is -2.12. The van der Waals surface area contributed by atoms with Crippen LogP contribution in [0.5, 0.6) is 0 Å². The van der Waals surface area contributed by atoms with Crippen molar-refractivity contribution in [1.29, 1.82) is 0 Å². The number of nitrogens with one attached hydrogen (secondary N) is 2. The average molecular weight is 430 g/mol. The lowest BCUT2D eigenvalue weighted by molar-refractivity contribution is -0.136. The quantitative estimate of drug-likeness (QED) is 0.713. The maximum atomic E-state index is 12.0. The van der Waals surface area contributed by atoms with E-state index in [-0.39, 0.29) is 16.5 Å². The number of rotatable bonds is 5. The van der Waals surface area contributed by atoms with Gasteiger partial charge < -0.3 is 10.6 Å². The third-order valence-electron chi connectivity index (χ3n) is 3.54. The Bertz CT molecular complexity index is 961. The topological polar surface area (TPSA) is 95.6 Å². The molecule has 0 aromatic heterocycles. The number of amides is 2. The summed E-state index contributed by atoms with van der Waals surface area (Å²) in [5, 5.41) is 5.45. The van der Waals surface area contributed by atoms with Crippen LogP contribution in [0.2, 0.25) is 10.0 Å². The zero-order valence-corrected chi connectivity index (χ0v) is 16.8. The number of hydrogen-bond acceptors (Lipinski definition) is 4. The van der Waals surface area contributed by atoms with E-state index in [0.717, 1.165) is 4.31 Å². The van der Waals surface area contributed by atoms with Gasteiger partial charge >= 0.3 is 11.8 Å². The molecule has 10 heteroatoms. The Hall–Kier alpha value is -2.13. The number of benzene rings is 2. The van der Waals surface area contributed by atoms with Crippen LogP contribution >= 0.6 is 23.2 Å². The Kier molecular flexibility index (Phi) is 6.83. The first-order chi connectivity index (χ1) is 12.6. The third kappa shape index (κ3) is 5.43. The molecule has 7 nitrogen and oxygen atoms in total. The molecule has 0 saturated carbocycles. The highest BCUT2D eigenvalue weighted by Gasteiger charge is 2.17. The lowest BCUT2D eigenvalue weighted by Crippen LogP contribution is -2.34. The van der Waals surface area contributed by atoms with Gasteiger partial charge in [-0.3, -0.25) is 9.59 Å². The van der Waals surface area contributed by atoms with E-state index in [1.165, 1.54) is 44.4 Å². The van der Waals surface area contributed by atoms with Crippen LogP contribution in [-0.2, 0) is 26.2 Å². The van der Waals surface area contributed by atoms with Crippen LogP contribution < -0.4 is 10.6 Å². The van der Waals surface area contributed by atoms with Gasteiger partial charge in [-0.15, -0.1) is 0 Å². The maximum absolute atomic E-state index is 12.0.